The van der Waals surface area contributed by atoms with E-state index in [2.05, 4.69) is 25.8 Å². The average molecular weight is 291 g/mol. The predicted octanol–water partition coefficient (Wildman–Crippen LogP) is 0.687. The van der Waals surface area contributed by atoms with Crippen LogP contribution in [0, 0.1) is 0 Å². The van der Waals surface area contributed by atoms with Crippen LogP contribution >= 0.6 is 0 Å². The number of nitrogen functional groups attached to an aromatic ring is 1. The molecule has 21 heavy (non-hydrogen) atoms. The van der Waals surface area contributed by atoms with E-state index >= 15 is 0 Å². The lowest BCUT2D eigenvalue weighted by Gasteiger charge is -2.09. The highest BCUT2D eigenvalue weighted by Crippen LogP contribution is 2.11. The molecule has 2 aromatic rings. The second kappa shape index (κ2) is 7.55. The van der Waals surface area contributed by atoms with Crippen LogP contribution in [0.5, 0.6) is 0 Å². The van der Waals surface area contributed by atoms with Crippen molar-refractivity contribution >= 4 is 11.6 Å². The highest BCUT2D eigenvalue weighted by Gasteiger charge is 2.04. The summed E-state index contributed by atoms with van der Waals surface area (Å²) in [7, 11) is 1.90. The fourth-order valence-corrected chi connectivity index (χ4v) is 1.86. The molecule has 0 saturated heterocycles. The summed E-state index contributed by atoms with van der Waals surface area (Å²) >= 11 is 0. The lowest BCUT2D eigenvalue weighted by molar-refractivity contribution is 0.128. The van der Waals surface area contributed by atoms with Crippen LogP contribution in [0.25, 0.3) is 0 Å². The number of hydrazine groups is 1. The van der Waals surface area contributed by atoms with Crippen molar-refractivity contribution in [3.63, 3.8) is 0 Å². The first kappa shape index (κ1) is 15.2. The number of anilines is 2. The molecule has 0 amide bonds. The lowest BCUT2D eigenvalue weighted by atomic mass is 10.2. The van der Waals surface area contributed by atoms with Crippen LogP contribution in [0.3, 0.4) is 0 Å². The van der Waals surface area contributed by atoms with Gasteiger partial charge >= 0.3 is 0 Å². The Labute approximate surface area is 123 Å². The van der Waals surface area contributed by atoms with Crippen LogP contribution in [-0.4, -0.2) is 32.9 Å². The van der Waals surface area contributed by atoms with Gasteiger partial charge in [-0.05, 0) is 18.9 Å². The molecule has 0 fully saturated rings. The van der Waals surface area contributed by atoms with Gasteiger partial charge in [0, 0.05) is 32.5 Å². The molecule has 0 aliphatic heterocycles. The summed E-state index contributed by atoms with van der Waals surface area (Å²) in [5.74, 6) is 7.29. The summed E-state index contributed by atoms with van der Waals surface area (Å²) in [5.41, 5.74) is 3.71. The molecule has 0 radical (unpaired) electrons. The number of nitrogens with two attached hydrogens (primary N) is 1. The minimum absolute atomic E-state index is 0.364. The molecule has 8 heteroatoms. The van der Waals surface area contributed by atoms with Crippen LogP contribution in [-0.2, 0) is 24.8 Å². The van der Waals surface area contributed by atoms with Gasteiger partial charge in [0.15, 0.2) is 5.82 Å². The fraction of sp³-hybridized carbons (Fsp3) is 0.462. The average Bonchev–Trinajstić information content (AvgIpc) is 2.90. The summed E-state index contributed by atoms with van der Waals surface area (Å²) in [6.45, 7) is 3.66. The first-order valence-electron chi connectivity index (χ1n) is 6.85. The van der Waals surface area contributed by atoms with E-state index in [1.807, 2.05) is 26.4 Å². The third kappa shape index (κ3) is 4.69. The molecule has 0 aromatic carbocycles. The topological polar surface area (TPSA) is 103 Å². The molecular weight excluding hydrogens is 270 g/mol. The number of hydrogen-bond donors (Lipinski definition) is 3. The minimum atomic E-state index is 0.364. The number of nitrogens with one attached hydrogen (secondary N) is 2. The number of hydrogen-bond acceptors (Lipinski definition) is 7. The van der Waals surface area contributed by atoms with E-state index in [0.717, 1.165) is 18.8 Å². The van der Waals surface area contributed by atoms with Crippen molar-refractivity contribution in [3.8, 4) is 0 Å². The van der Waals surface area contributed by atoms with Crippen molar-refractivity contribution in [3.05, 3.63) is 29.8 Å². The largest absolute Gasteiger partial charge is 0.374 e. The molecule has 4 N–H and O–H groups in total. The SMILES string of the molecule is CCOCc1nc(NN)cc(NCCc2cnn(C)c2)n1. The van der Waals surface area contributed by atoms with Gasteiger partial charge in [0.2, 0.25) is 0 Å². The molecule has 0 aliphatic carbocycles. The van der Waals surface area contributed by atoms with Gasteiger partial charge in [0.25, 0.3) is 0 Å². The molecule has 8 nitrogen and oxygen atoms in total. The van der Waals surface area contributed by atoms with Crippen LogP contribution < -0.4 is 16.6 Å². The van der Waals surface area contributed by atoms with Crippen LogP contribution in [0.1, 0.15) is 18.3 Å². The third-order valence-electron chi connectivity index (χ3n) is 2.83. The quantitative estimate of drug-likeness (QED) is 0.485. The number of ether oxygens (including phenoxy) is 1. The van der Waals surface area contributed by atoms with E-state index in [0.29, 0.717) is 24.9 Å². The summed E-state index contributed by atoms with van der Waals surface area (Å²) in [6, 6.07) is 1.76. The van der Waals surface area contributed by atoms with Gasteiger partial charge in [-0.1, -0.05) is 0 Å². The number of nitrogens with zero attached hydrogens (tertiary/aromatic N) is 4. The van der Waals surface area contributed by atoms with E-state index < -0.39 is 0 Å². The highest BCUT2D eigenvalue weighted by atomic mass is 16.5. The molecule has 0 aliphatic rings. The third-order valence-corrected chi connectivity index (χ3v) is 2.83. The molecule has 2 rings (SSSR count). The molecular formula is C13H21N7O. The molecule has 0 atom stereocenters. The summed E-state index contributed by atoms with van der Waals surface area (Å²) in [5, 5.41) is 7.39. The zero-order valence-electron chi connectivity index (χ0n) is 12.3. The molecule has 0 bridgehead atoms. The van der Waals surface area contributed by atoms with Gasteiger partial charge in [0.1, 0.15) is 18.2 Å². The molecule has 2 heterocycles. The zero-order valence-corrected chi connectivity index (χ0v) is 12.3. The Balaban J connectivity index is 1.94. The minimum Gasteiger partial charge on any atom is -0.374 e. The van der Waals surface area contributed by atoms with Crippen molar-refractivity contribution in [2.24, 2.45) is 12.9 Å². The first-order valence-corrected chi connectivity index (χ1v) is 6.85. The van der Waals surface area contributed by atoms with Gasteiger partial charge in [0.05, 0.1) is 6.20 Å². The van der Waals surface area contributed by atoms with Crippen LogP contribution in [0.4, 0.5) is 11.6 Å². The van der Waals surface area contributed by atoms with E-state index in [1.54, 1.807) is 10.7 Å². The Hall–Kier alpha value is -2.19. The molecule has 0 spiro atoms. The summed E-state index contributed by atoms with van der Waals surface area (Å²) in [6.07, 6.45) is 4.72. The molecule has 114 valence electrons. The maximum atomic E-state index is 5.42. The first-order chi connectivity index (χ1) is 10.2. The summed E-state index contributed by atoms with van der Waals surface area (Å²) in [4.78, 5) is 8.63. The Morgan fingerprint density at radius 2 is 2.14 bits per heavy atom. The lowest BCUT2D eigenvalue weighted by Crippen LogP contribution is -2.13. The standard InChI is InChI=1S/C13H21N7O/c1-3-21-9-13-17-11(6-12(18-13)19-14)15-5-4-10-7-16-20(2)8-10/h6-8H,3-5,9,14H2,1-2H3,(H2,15,17,18,19). The highest BCUT2D eigenvalue weighted by molar-refractivity contribution is 5.46. The maximum Gasteiger partial charge on any atom is 0.158 e. The maximum absolute atomic E-state index is 5.42. The van der Waals surface area contributed by atoms with E-state index in [9.17, 15) is 0 Å². The Morgan fingerprint density at radius 3 is 2.81 bits per heavy atom. The zero-order chi connectivity index (χ0) is 15.1. The van der Waals surface area contributed by atoms with Crippen molar-refractivity contribution in [2.45, 2.75) is 20.0 Å². The van der Waals surface area contributed by atoms with Crippen LogP contribution in [0.15, 0.2) is 18.5 Å². The van der Waals surface area contributed by atoms with Crippen LogP contribution in [0.2, 0.25) is 0 Å². The Morgan fingerprint density at radius 1 is 1.33 bits per heavy atom. The van der Waals surface area contributed by atoms with Crippen molar-refractivity contribution in [2.75, 3.05) is 23.9 Å². The Bertz CT molecular complexity index is 569. The van der Waals surface area contributed by atoms with Gasteiger partial charge in [-0.2, -0.15) is 5.10 Å². The number of rotatable bonds is 8. The van der Waals surface area contributed by atoms with E-state index in [4.69, 9.17) is 10.6 Å². The van der Waals surface area contributed by atoms with Crippen molar-refractivity contribution in [1.82, 2.24) is 19.7 Å². The monoisotopic (exact) mass is 291 g/mol. The van der Waals surface area contributed by atoms with Gasteiger partial charge in [-0.25, -0.2) is 15.8 Å². The number of aromatic nitrogens is 4. The van der Waals surface area contributed by atoms with Gasteiger partial charge < -0.3 is 15.5 Å². The van der Waals surface area contributed by atoms with Crippen molar-refractivity contribution < 1.29 is 4.74 Å². The smallest absolute Gasteiger partial charge is 0.158 e. The van der Waals surface area contributed by atoms with Crippen molar-refractivity contribution in [1.29, 1.82) is 0 Å². The van der Waals surface area contributed by atoms with Gasteiger partial charge in [-0.15, -0.1) is 0 Å². The molecule has 0 unspecified atom stereocenters. The summed E-state index contributed by atoms with van der Waals surface area (Å²) < 4.78 is 7.11. The number of aryl methyl sites for hydroxylation is 1. The molecule has 2 aromatic heterocycles. The Kier molecular flexibility index (Phi) is 5.47. The normalized spacial score (nSPS) is 10.6. The van der Waals surface area contributed by atoms with E-state index in [-0.39, 0.29) is 0 Å². The van der Waals surface area contributed by atoms with Gasteiger partial charge in [-0.3, -0.25) is 4.68 Å². The second-order valence-electron chi connectivity index (χ2n) is 4.54. The second-order valence-corrected chi connectivity index (χ2v) is 4.54. The van der Waals surface area contributed by atoms with E-state index in [1.165, 1.54) is 5.56 Å². The predicted molar refractivity (Wildman–Crippen MR) is 80.6 cm³/mol. The fourth-order valence-electron chi connectivity index (χ4n) is 1.86. The molecule has 0 saturated carbocycles.